The summed E-state index contributed by atoms with van der Waals surface area (Å²) >= 11 is 7.87. The van der Waals surface area contributed by atoms with E-state index in [0.29, 0.717) is 42.7 Å². The average molecular weight is 425 g/mol. The maximum Gasteiger partial charge on any atom is 0.276 e. The van der Waals surface area contributed by atoms with Gasteiger partial charge in [-0.15, -0.1) is 0 Å². The highest BCUT2D eigenvalue weighted by Crippen LogP contribution is 2.33. The van der Waals surface area contributed by atoms with Crippen LogP contribution in [0.5, 0.6) is 0 Å². The molecule has 0 N–H and O–H groups in total. The maximum absolute atomic E-state index is 12.8. The predicted molar refractivity (Wildman–Crippen MR) is 115 cm³/mol. The molecule has 1 saturated heterocycles. The van der Waals surface area contributed by atoms with Crippen molar-refractivity contribution in [1.29, 1.82) is 0 Å². The van der Waals surface area contributed by atoms with Gasteiger partial charge in [-0.2, -0.15) is 0 Å². The molecule has 29 heavy (non-hydrogen) atoms. The molecule has 2 aromatic heterocycles. The summed E-state index contributed by atoms with van der Waals surface area (Å²) in [4.78, 5) is 21.5. The van der Waals surface area contributed by atoms with Crippen LogP contribution in [-0.2, 0) is 0 Å². The molecule has 0 spiro atoms. The van der Waals surface area contributed by atoms with E-state index < -0.39 is 0 Å². The van der Waals surface area contributed by atoms with E-state index in [1.54, 1.807) is 17.4 Å². The molecule has 8 heteroatoms. The predicted octanol–water partition coefficient (Wildman–Crippen LogP) is 4.57. The van der Waals surface area contributed by atoms with Gasteiger partial charge in [0.1, 0.15) is 5.52 Å². The smallest absolute Gasteiger partial charge is 0.276 e. The van der Waals surface area contributed by atoms with Crippen LogP contribution < -0.4 is 4.90 Å². The van der Waals surface area contributed by atoms with Crippen molar-refractivity contribution < 1.29 is 9.32 Å². The third-order valence-electron chi connectivity index (χ3n) is 4.98. The highest BCUT2D eigenvalue weighted by atomic mass is 35.5. The minimum Gasteiger partial charge on any atom is -0.355 e. The van der Waals surface area contributed by atoms with Crippen LogP contribution >= 0.6 is 22.9 Å². The number of piperazine rings is 1. The fraction of sp³-hybridized carbons (Fsp3) is 0.190. The van der Waals surface area contributed by atoms with Crippen LogP contribution in [0.15, 0.2) is 59.1 Å². The van der Waals surface area contributed by atoms with E-state index in [0.717, 1.165) is 20.9 Å². The van der Waals surface area contributed by atoms with E-state index >= 15 is 0 Å². The molecule has 1 fully saturated rings. The van der Waals surface area contributed by atoms with Crippen molar-refractivity contribution in [3.8, 4) is 11.3 Å². The Kier molecular flexibility index (Phi) is 4.69. The minimum atomic E-state index is -0.108. The van der Waals surface area contributed by atoms with Crippen molar-refractivity contribution >= 4 is 44.2 Å². The van der Waals surface area contributed by atoms with Gasteiger partial charge in [-0.3, -0.25) is 4.79 Å². The zero-order valence-corrected chi connectivity index (χ0v) is 17.0. The number of benzene rings is 2. The van der Waals surface area contributed by atoms with E-state index in [-0.39, 0.29) is 5.91 Å². The fourth-order valence-electron chi connectivity index (χ4n) is 3.42. The highest BCUT2D eigenvalue weighted by molar-refractivity contribution is 7.22. The zero-order chi connectivity index (χ0) is 19.8. The molecule has 0 bridgehead atoms. The molecule has 3 heterocycles. The number of halogens is 1. The van der Waals surface area contributed by atoms with Crippen LogP contribution in [0, 0.1) is 0 Å². The van der Waals surface area contributed by atoms with Gasteiger partial charge in [-0.05, 0) is 12.1 Å². The molecular weight excluding hydrogens is 408 g/mol. The monoisotopic (exact) mass is 424 g/mol. The lowest BCUT2D eigenvalue weighted by Gasteiger charge is -2.34. The molecule has 146 valence electrons. The Balaban J connectivity index is 1.27. The summed E-state index contributed by atoms with van der Waals surface area (Å²) in [5.74, 6) is 0.488. The molecule has 0 radical (unpaired) electrons. The Morgan fingerprint density at radius 2 is 1.83 bits per heavy atom. The summed E-state index contributed by atoms with van der Waals surface area (Å²) in [5.41, 5.74) is 2.08. The number of hydrogen-bond donors (Lipinski definition) is 0. The fourth-order valence-corrected chi connectivity index (χ4v) is 4.73. The summed E-state index contributed by atoms with van der Waals surface area (Å²) in [7, 11) is 0. The molecule has 0 atom stereocenters. The second kappa shape index (κ2) is 7.50. The molecule has 4 aromatic rings. The first-order valence-corrected chi connectivity index (χ1v) is 10.5. The van der Waals surface area contributed by atoms with Crippen LogP contribution in [0.25, 0.3) is 21.5 Å². The normalized spacial score (nSPS) is 14.5. The van der Waals surface area contributed by atoms with Crippen LogP contribution in [-0.4, -0.2) is 47.1 Å². The molecule has 0 unspecified atom stereocenters. The Hall–Kier alpha value is -2.90. The first-order valence-electron chi connectivity index (χ1n) is 9.30. The Bertz CT molecular complexity index is 1170. The van der Waals surface area contributed by atoms with E-state index in [1.165, 1.54) is 0 Å². The Morgan fingerprint density at radius 1 is 1.03 bits per heavy atom. The Morgan fingerprint density at radius 3 is 2.59 bits per heavy atom. The Labute approximate surface area is 176 Å². The van der Waals surface area contributed by atoms with Crippen molar-refractivity contribution in [3.63, 3.8) is 0 Å². The van der Waals surface area contributed by atoms with Crippen molar-refractivity contribution in [3.05, 3.63) is 65.3 Å². The van der Waals surface area contributed by atoms with E-state index in [1.807, 2.05) is 53.4 Å². The number of thiazole rings is 1. The minimum absolute atomic E-state index is 0.108. The number of rotatable bonds is 3. The van der Waals surface area contributed by atoms with Crippen LogP contribution in [0.1, 0.15) is 10.5 Å². The van der Waals surface area contributed by atoms with Gasteiger partial charge < -0.3 is 14.3 Å². The largest absolute Gasteiger partial charge is 0.355 e. The van der Waals surface area contributed by atoms with Gasteiger partial charge in [-0.1, -0.05) is 64.5 Å². The SMILES string of the molecule is O=C(c1cc(-c2ccccc2)on1)N1CCN(c2nc3c(Cl)cccc3s2)CC1. The molecule has 2 aromatic carbocycles. The molecular formula is C21H17ClN4O2S. The molecule has 1 amide bonds. The van der Waals surface area contributed by atoms with Crippen molar-refractivity contribution in [1.82, 2.24) is 15.0 Å². The quantitative estimate of drug-likeness (QED) is 0.482. The molecule has 5 rings (SSSR count). The first kappa shape index (κ1) is 18.1. The third-order valence-corrected chi connectivity index (χ3v) is 6.37. The van der Waals surface area contributed by atoms with Gasteiger partial charge in [0.05, 0.1) is 9.72 Å². The van der Waals surface area contributed by atoms with Crippen molar-refractivity contribution in [2.24, 2.45) is 0 Å². The second-order valence-electron chi connectivity index (χ2n) is 6.80. The summed E-state index contributed by atoms with van der Waals surface area (Å²) in [6, 6.07) is 17.2. The summed E-state index contributed by atoms with van der Waals surface area (Å²) in [6.07, 6.45) is 0. The number of aromatic nitrogens is 2. The first-order chi connectivity index (χ1) is 14.2. The number of hydrogen-bond acceptors (Lipinski definition) is 6. The maximum atomic E-state index is 12.8. The zero-order valence-electron chi connectivity index (χ0n) is 15.4. The van der Waals surface area contributed by atoms with Crippen molar-refractivity contribution in [2.45, 2.75) is 0 Å². The lowest BCUT2D eigenvalue weighted by molar-refractivity contribution is 0.0736. The van der Waals surface area contributed by atoms with Crippen LogP contribution in [0.4, 0.5) is 5.13 Å². The molecule has 6 nitrogen and oxygen atoms in total. The number of amides is 1. The van der Waals surface area contributed by atoms with Crippen LogP contribution in [0.3, 0.4) is 0 Å². The highest BCUT2D eigenvalue weighted by Gasteiger charge is 2.26. The topological polar surface area (TPSA) is 62.5 Å². The average Bonchev–Trinajstić information content (AvgIpc) is 3.42. The van der Waals surface area contributed by atoms with Gasteiger partial charge in [0.25, 0.3) is 5.91 Å². The standard InChI is InChI=1S/C21H17ClN4O2S/c22-15-7-4-8-18-19(15)23-21(29-18)26-11-9-25(10-12-26)20(27)16-13-17(28-24-16)14-5-2-1-3-6-14/h1-8,13H,9-12H2. The van der Waals surface area contributed by atoms with E-state index in [9.17, 15) is 4.79 Å². The van der Waals surface area contributed by atoms with Gasteiger partial charge >= 0.3 is 0 Å². The van der Waals surface area contributed by atoms with Gasteiger partial charge in [0.2, 0.25) is 0 Å². The van der Waals surface area contributed by atoms with E-state index in [2.05, 4.69) is 15.0 Å². The number of carbonyl (C=O) groups is 1. The summed E-state index contributed by atoms with van der Waals surface area (Å²) in [5, 5.41) is 5.58. The summed E-state index contributed by atoms with van der Waals surface area (Å²) < 4.78 is 6.44. The van der Waals surface area contributed by atoms with Gasteiger partial charge in [0.15, 0.2) is 16.6 Å². The lowest BCUT2D eigenvalue weighted by atomic mass is 10.1. The second-order valence-corrected chi connectivity index (χ2v) is 8.22. The number of nitrogens with zero attached hydrogens (tertiary/aromatic N) is 4. The molecule has 0 aliphatic carbocycles. The summed E-state index contributed by atoms with van der Waals surface area (Å²) in [6.45, 7) is 2.64. The van der Waals surface area contributed by atoms with Crippen LogP contribution in [0.2, 0.25) is 5.02 Å². The molecule has 0 saturated carbocycles. The number of anilines is 1. The van der Waals surface area contributed by atoms with Gasteiger partial charge in [0, 0.05) is 37.8 Å². The lowest BCUT2D eigenvalue weighted by Crippen LogP contribution is -2.48. The van der Waals surface area contributed by atoms with E-state index in [4.69, 9.17) is 16.1 Å². The van der Waals surface area contributed by atoms with Gasteiger partial charge in [-0.25, -0.2) is 4.98 Å². The van der Waals surface area contributed by atoms with Crippen molar-refractivity contribution in [2.75, 3.05) is 31.1 Å². The number of fused-ring (bicyclic) bond motifs is 1. The molecule has 1 aliphatic heterocycles. The number of carbonyl (C=O) groups excluding carboxylic acids is 1. The third kappa shape index (κ3) is 3.47. The molecule has 1 aliphatic rings. The number of para-hydroxylation sites is 1.